The highest BCUT2D eigenvalue weighted by Crippen LogP contribution is 2.49. The number of aromatic nitrogens is 16. The van der Waals surface area contributed by atoms with Crippen LogP contribution in [-0.2, 0) is 28.5 Å². The first-order chi connectivity index (χ1) is 43.3. The summed E-state index contributed by atoms with van der Waals surface area (Å²) in [6, 6.07) is 0. The minimum Gasteiger partial charge on any atom is -0.460 e. The fourth-order valence-corrected chi connectivity index (χ4v) is 11.9. The lowest BCUT2D eigenvalue weighted by Gasteiger charge is -2.25. The van der Waals surface area contributed by atoms with Gasteiger partial charge in [-0.3, -0.25) is 13.7 Å². The molecule has 0 saturated carbocycles. The number of nitrogens with zero attached hydrogens (tertiary/aromatic N) is 15. The molecule has 13 rings (SSSR count). The van der Waals surface area contributed by atoms with E-state index in [1.54, 1.807) is 36.8 Å². The number of fused-ring (bicyclic) bond motifs is 4. The van der Waals surface area contributed by atoms with Crippen LogP contribution >= 0.6 is 23.2 Å². The van der Waals surface area contributed by atoms with E-state index >= 15 is 8.78 Å². The smallest absolute Gasteiger partial charge is 0.344 e. The first kappa shape index (κ1) is 71.1. The van der Waals surface area contributed by atoms with E-state index < -0.39 is 78.1 Å². The van der Waals surface area contributed by atoms with Gasteiger partial charge in [0.05, 0.1) is 50.2 Å². The first-order valence-electron chi connectivity index (χ1n) is 30.0. The quantitative estimate of drug-likeness (QED) is 0.0470. The maximum atomic E-state index is 15.0. The summed E-state index contributed by atoms with van der Waals surface area (Å²) in [5.74, 6) is -1.19. The Bertz CT molecular complexity index is 3540. The Morgan fingerprint density at radius 1 is 0.522 bits per heavy atom. The highest BCUT2D eigenvalue weighted by Gasteiger charge is 2.57. The van der Waals surface area contributed by atoms with Gasteiger partial charge in [0.15, 0.2) is 92.2 Å². The summed E-state index contributed by atoms with van der Waals surface area (Å²) in [7, 11) is 0. The Morgan fingerprint density at radius 2 is 0.924 bits per heavy atom. The minimum absolute atomic E-state index is 0.119. The van der Waals surface area contributed by atoms with Crippen molar-refractivity contribution < 1.29 is 65.8 Å². The predicted octanol–water partition coefficient (Wildman–Crippen LogP) is 8.79. The molecule has 0 amide bonds. The molecule has 5 aliphatic rings. The third-order valence-electron chi connectivity index (χ3n) is 18.3. The van der Waals surface area contributed by atoms with Crippen LogP contribution in [0.25, 0.3) is 44.7 Å². The number of esters is 1. The number of anilines is 2. The molecule has 0 aromatic carbocycles. The summed E-state index contributed by atoms with van der Waals surface area (Å²) in [4.78, 5) is 61.4. The van der Waals surface area contributed by atoms with Crippen LogP contribution in [0.1, 0.15) is 134 Å². The standard InChI is InChI=1S/C13H16ClFN4O.C13H18FN5O.C11H14FN5O3.C8H15FO2.C8H13FO2.C5H3ClN4/c1-4-8-7(2)13(3,15)12(20-8)19-6-18-9-10(14)16-5-17-11(9)19;1-4-8-7(2)13(3,14)12(20-8)19-6-18-9-10(15)16-5-17-11(9)19;1-11(12)7(19)5(2-18)20-10(11)17-4-16-6-8(13)14-3-15-9(6)17;2*1-4-6-5(2)8(3,9)7(10)11-6;6-4-3-5(9-1-7-3)10-2-8-4/h5-8,12H,4H2,1-3H3;5-8,12H,4H2,1-3H3,(H2,15,16,17);3-5,7,10,18-19H,2H2,1H3,(H2,13,14,15);5-7,10H,4H2,1-3H3;5-6H,4H2,1-3H3;1-2H,(H,7,8,9,10)/t7-,8-,12?,13-;7-,8-,12-,13-;5-,7-,10-,11-;5-,6-,7?,8-;5-,6-,8-;/m11111./s1. The van der Waals surface area contributed by atoms with Gasteiger partial charge >= 0.3 is 5.97 Å². The predicted molar refractivity (Wildman–Crippen MR) is 327 cm³/mol. The number of nitrogen functional groups attached to an aromatic ring is 2. The number of H-pyrrole nitrogens is 1. The van der Waals surface area contributed by atoms with Crippen molar-refractivity contribution in [1.29, 1.82) is 0 Å². The second kappa shape index (κ2) is 28.0. The van der Waals surface area contributed by atoms with Gasteiger partial charge in [0.25, 0.3) is 0 Å². The first-order valence-corrected chi connectivity index (χ1v) is 30.8. The maximum absolute atomic E-state index is 15.0. The van der Waals surface area contributed by atoms with Crippen LogP contribution in [0.3, 0.4) is 0 Å². The van der Waals surface area contributed by atoms with Gasteiger partial charge in [-0.1, -0.05) is 78.6 Å². The third kappa shape index (κ3) is 13.5. The SMILES string of the molecule is CC[C@H]1OC(=O)[C@](C)(F)[C@@H]1C.CC[C@H]1OC(O)[C@](C)(F)[C@@H]1C.CC[C@H]1OC(n2cnc3c(Cl)ncnc32)[C@](C)(F)[C@@H]1C.CC[C@H]1O[C@@H](n2cnc3c(N)ncnc32)[C@](C)(F)[C@@H]1C.C[C@@]1(F)[C@H](O)[C@@H](CO)O[C@H]1n1cnc2c(N)ncnc21.Clc1ncnc2nc[nH]c12. The van der Waals surface area contributed by atoms with E-state index in [-0.39, 0.29) is 64.9 Å². The van der Waals surface area contributed by atoms with Crippen molar-refractivity contribution in [1.82, 2.24) is 78.5 Å². The van der Waals surface area contributed by atoms with Crippen LogP contribution in [0.15, 0.2) is 50.6 Å². The highest BCUT2D eigenvalue weighted by molar-refractivity contribution is 6.33. The van der Waals surface area contributed by atoms with Crippen LogP contribution in [0.4, 0.5) is 33.6 Å². The Balaban J connectivity index is 0.000000145. The number of ether oxygens (including phenoxy) is 5. The molecule has 504 valence electrons. The van der Waals surface area contributed by atoms with Gasteiger partial charge in [0, 0.05) is 23.7 Å². The molecule has 0 bridgehead atoms. The summed E-state index contributed by atoms with van der Waals surface area (Å²) in [6.45, 7) is 21.5. The van der Waals surface area contributed by atoms with Gasteiger partial charge in [0.2, 0.25) is 5.67 Å². The van der Waals surface area contributed by atoms with Crippen LogP contribution in [0.5, 0.6) is 0 Å². The molecule has 27 nitrogen and oxygen atoms in total. The zero-order chi connectivity index (χ0) is 67.7. The average Bonchev–Trinajstić information content (AvgIpc) is 1.61. The van der Waals surface area contributed by atoms with Crippen molar-refractivity contribution in [3.8, 4) is 0 Å². The van der Waals surface area contributed by atoms with E-state index in [0.29, 0.717) is 56.2 Å². The number of aromatic amines is 1. The number of halogens is 7. The number of carbonyl (C=O) groups excluding carboxylic acids is 1. The fraction of sp³-hybridized carbons (Fsp3) is 0.638. The largest absolute Gasteiger partial charge is 0.460 e. The number of hydrogen-bond acceptors (Lipinski definition) is 23. The van der Waals surface area contributed by atoms with Crippen LogP contribution in [0, 0.1) is 23.7 Å². The Labute approximate surface area is 536 Å². The number of cyclic esters (lactones) is 1. The van der Waals surface area contributed by atoms with Crippen molar-refractivity contribution in [3.63, 3.8) is 0 Å². The second-order valence-corrected chi connectivity index (χ2v) is 24.8. The van der Waals surface area contributed by atoms with E-state index in [1.165, 1.54) is 76.0 Å². The number of imidazole rings is 4. The third-order valence-corrected chi connectivity index (χ3v) is 18.9. The molecule has 92 heavy (non-hydrogen) atoms. The molecule has 5 fully saturated rings. The number of nitrogens with one attached hydrogen (secondary N) is 1. The highest BCUT2D eigenvalue weighted by atomic mass is 35.5. The lowest BCUT2D eigenvalue weighted by atomic mass is 9.88. The topological polar surface area (TPSA) is 361 Å². The van der Waals surface area contributed by atoms with Gasteiger partial charge in [-0.15, -0.1) is 0 Å². The van der Waals surface area contributed by atoms with Crippen molar-refractivity contribution >= 4 is 85.5 Å². The van der Waals surface area contributed by atoms with Crippen LogP contribution in [-0.4, -0.2) is 178 Å². The molecule has 13 heterocycles. The van der Waals surface area contributed by atoms with Crippen LogP contribution in [0.2, 0.25) is 10.3 Å². The lowest BCUT2D eigenvalue weighted by Crippen LogP contribution is -2.40. The molecule has 5 saturated heterocycles. The molecule has 19 atom stereocenters. The molecule has 34 heteroatoms. The van der Waals surface area contributed by atoms with E-state index in [1.807, 2.05) is 41.5 Å². The number of rotatable bonds is 8. The molecule has 8 aromatic heterocycles. The van der Waals surface area contributed by atoms with Crippen molar-refractivity contribution in [3.05, 3.63) is 60.9 Å². The van der Waals surface area contributed by atoms with Gasteiger partial charge < -0.3 is 55.5 Å². The number of hydrogen-bond donors (Lipinski definition) is 6. The number of aliphatic hydroxyl groups is 3. The summed E-state index contributed by atoms with van der Waals surface area (Å²) in [5, 5.41) is 28.8. The minimum atomic E-state index is -2.10. The molecule has 8 N–H and O–H groups in total. The molecule has 8 aromatic rings. The molecule has 0 spiro atoms. The second-order valence-electron chi connectivity index (χ2n) is 24.1. The normalized spacial score (nSPS) is 34.7. The molecule has 2 unspecified atom stereocenters. The van der Waals surface area contributed by atoms with Gasteiger partial charge in [0.1, 0.15) is 65.7 Å². The average molecular weight is 1340 g/mol. The van der Waals surface area contributed by atoms with E-state index in [4.69, 9.17) is 68.6 Å². The van der Waals surface area contributed by atoms with Gasteiger partial charge in [-0.2, -0.15) is 0 Å². The molecule has 0 aliphatic carbocycles. The summed E-state index contributed by atoms with van der Waals surface area (Å²) in [5.41, 5.74) is 6.81. The molecule has 0 radical (unpaired) electrons. The van der Waals surface area contributed by atoms with Gasteiger partial charge in [-0.25, -0.2) is 86.6 Å². The Hall–Kier alpha value is -6.78. The number of nitrogens with two attached hydrogens (primary N) is 2. The lowest BCUT2D eigenvalue weighted by molar-refractivity contribution is -0.149. The van der Waals surface area contributed by atoms with E-state index in [0.717, 1.165) is 19.3 Å². The monoisotopic (exact) mass is 1340 g/mol. The summed E-state index contributed by atoms with van der Waals surface area (Å²) in [6.07, 6.45) is 7.18. The number of aliphatic hydroxyl groups excluding tert-OH is 3. The number of alkyl halides is 5. The van der Waals surface area contributed by atoms with Crippen molar-refractivity contribution in [2.75, 3.05) is 18.1 Å². The summed E-state index contributed by atoms with van der Waals surface area (Å²) < 4.78 is 103. The van der Waals surface area contributed by atoms with E-state index in [2.05, 4.69) is 64.8 Å². The zero-order valence-electron chi connectivity index (χ0n) is 53.0. The zero-order valence-corrected chi connectivity index (χ0v) is 54.5. The molecule has 5 aliphatic heterocycles. The number of carbonyl (C=O) groups is 1. The van der Waals surface area contributed by atoms with Crippen molar-refractivity contribution in [2.45, 2.75) is 206 Å². The molecular formula is C58H79Cl2F5N18O9. The maximum Gasteiger partial charge on any atom is 0.344 e. The Kier molecular flexibility index (Phi) is 21.7. The Morgan fingerprint density at radius 3 is 1.30 bits per heavy atom. The van der Waals surface area contributed by atoms with Crippen LogP contribution < -0.4 is 11.5 Å². The van der Waals surface area contributed by atoms with Crippen molar-refractivity contribution in [2.24, 2.45) is 23.7 Å². The van der Waals surface area contributed by atoms with Gasteiger partial charge in [-0.05, 0) is 60.3 Å². The fourth-order valence-electron chi connectivity index (χ4n) is 11.5. The van der Waals surface area contributed by atoms with E-state index in [9.17, 15) is 23.1 Å². The summed E-state index contributed by atoms with van der Waals surface area (Å²) >= 11 is 11.6. The molecular weight excluding hydrogens is 1260 g/mol.